The lowest BCUT2D eigenvalue weighted by Crippen LogP contribution is -2.34. The summed E-state index contributed by atoms with van der Waals surface area (Å²) in [5, 5.41) is 37.7. The zero-order valence-corrected chi connectivity index (χ0v) is 15.4. The van der Waals surface area contributed by atoms with Crippen molar-refractivity contribution in [1.82, 2.24) is 0 Å². The monoisotopic (exact) mass is 415 g/mol. The van der Waals surface area contributed by atoms with Crippen molar-refractivity contribution in [3.05, 3.63) is 46.6 Å². The van der Waals surface area contributed by atoms with Crippen LogP contribution >= 0.6 is 0 Å². The van der Waals surface area contributed by atoms with Gasteiger partial charge in [-0.2, -0.15) is 0 Å². The highest BCUT2D eigenvalue weighted by atomic mass is 16.5. The summed E-state index contributed by atoms with van der Waals surface area (Å²) >= 11 is 0. The fourth-order valence-electron chi connectivity index (χ4n) is 2.71. The molecule has 3 aromatic rings. The molecule has 10 heteroatoms. The van der Waals surface area contributed by atoms with E-state index in [9.17, 15) is 29.7 Å². The van der Waals surface area contributed by atoms with E-state index < -0.39 is 34.9 Å². The van der Waals surface area contributed by atoms with Crippen LogP contribution in [0.3, 0.4) is 0 Å². The summed E-state index contributed by atoms with van der Waals surface area (Å²) in [5.41, 5.74) is 5.18. The Hall–Kier alpha value is -4.05. The number of hydrogen-bond donors (Lipinski definition) is 5. The molecule has 0 radical (unpaired) electrons. The lowest BCUT2D eigenvalue weighted by atomic mass is 10.1. The number of esters is 1. The van der Waals surface area contributed by atoms with E-state index in [1.807, 2.05) is 0 Å². The number of benzene rings is 2. The van der Waals surface area contributed by atoms with Crippen LogP contribution in [-0.2, 0) is 9.59 Å². The first-order valence-corrected chi connectivity index (χ1v) is 8.68. The number of aromatic hydroxyl groups is 3. The number of rotatable bonds is 6. The highest BCUT2D eigenvalue weighted by molar-refractivity contribution is 5.87. The van der Waals surface area contributed by atoms with Crippen molar-refractivity contribution in [2.24, 2.45) is 5.73 Å². The van der Waals surface area contributed by atoms with Gasteiger partial charge in [0.05, 0.1) is 0 Å². The molecule has 156 valence electrons. The standard InChI is InChI=1S/C20H17NO9/c21-11(2-4-18(26)27)20(28)29-10-6-14(24)19-15(25)8-16(30-17(19)7-10)9-1-3-12(22)13(23)5-9/h1,3,5-8,11,22-24H,2,4,21H2,(H,26,27)/t11-/m0/s1. The maximum atomic E-state index is 12.4. The number of carboxylic acids is 1. The molecule has 0 aliphatic heterocycles. The average Bonchev–Trinajstić information content (AvgIpc) is 2.67. The van der Waals surface area contributed by atoms with Gasteiger partial charge >= 0.3 is 11.9 Å². The minimum absolute atomic E-state index is 0.0313. The molecular formula is C20H17NO9. The zero-order valence-electron chi connectivity index (χ0n) is 15.4. The van der Waals surface area contributed by atoms with Crippen LogP contribution in [0, 0.1) is 0 Å². The lowest BCUT2D eigenvalue weighted by molar-refractivity contribution is -0.138. The smallest absolute Gasteiger partial charge is 0.328 e. The molecule has 0 saturated carbocycles. The van der Waals surface area contributed by atoms with Crippen molar-refractivity contribution >= 4 is 22.9 Å². The molecule has 10 nitrogen and oxygen atoms in total. The molecule has 0 amide bonds. The van der Waals surface area contributed by atoms with Gasteiger partial charge in [-0.15, -0.1) is 0 Å². The Bertz CT molecular complexity index is 1200. The topological polar surface area (TPSA) is 181 Å². The maximum absolute atomic E-state index is 12.4. The number of nitrogens with two attached hydrogens (primary N) is 1. The second-order valence-electron chi connectivity index (χ2n) is 6.45. The summed E-state index contributed by atoms with van der Waals surface area (Å²) in [6.45, 7) is 0. The number of phenolic OH excluding ortho intramolecular Hbond substituents is 3. The average molecular weight is 415 g/mol. The van der Waals surface area contributed by atoms with Gasteiger partial charge in [-0.25, -0.2) is 4.79 Å². The Morgan fingerprint density at radius 2 is 1.77 bits per heavy atom. The molecule has 0 fully saturated rings. The third-order valence-electron chi connectivity index (χ3n) is 4.23. The summed E-state index contributed by atoms with van der Waals surface area (Å²) in [4.78, 5) is 35.0. The molecule has 30 heavy (non-hydrogen) atoms. The molecule has 0 unspecified atom stereocenters. The Kier molecular flexibility index (Phi) is 5.61. The number of ether oxygens (including phenoxy) is 1. The van der Waals surface area contributed by atoms with Crippen LogP contribution in [0.1, 0.15) is 12.8 Å². The lowest BCUT2D eigenvalue weighted by Gasteiger charge is -2.11. The molecule has 6 N–H and O–H groups in total. The summed E-state index contributed by atoms with van der Waals surface area (Å²) in [6, 6.07) is 5.94. The molecule has 0 aliphatic rings. The number of hydrogen-bond acceptors (Lipinski definition) is 9. The quantitative estimate of drug-likeness (QED) is 0.226. The largest absolute Gasteiger partial charge is 0.507 e. The Labute approximate surface area is 168 Å². The molecule has 0 saturated heterocycles. The predicted molar refractivity (Wildman–Crippen MR) is 103 cm³/mol. The molecule has 3 rings (SSSR count). The summed E-state index contributed by atoms with van der Waals surface area (Å²) in [7, 11) is 0. The number of fused-ring (bicyclic) bond motifs is 1. The van der Waals surface area contributed by atoms with Crippen LogP contribution < -0.4 is 15.9 Å². The van der Waals surface area contributed by atoms with Gasteiger partial charge in [-0.05, 0) is 24.6 Å². The Balaban J connectivity index is 1.97. The van der Waals surface area contributed by atoms with Crippen LogP contribution in [0.2, 0.25) is 0 Å². The summed E-state index contributed by atoms with van der Waals surface area (Å²) in [5.74, 6) is -3.44. The van der Waals surface area contributed by atoms with E-state index in [1.165, 1.54) is 24.3 Å². The molecule has 0 spiro atoms. The molecule has 0 aliphatic carbocycles. The first-order chi connectivity index (χ1) is 14.2. The molecule has 1 aromatic heterocycles. The van der Waals surface area contributed by atoms with Crippen LogP contribution in [0.25, 0.3) is 22.3 Å². The second-order valence-corrected chi connectivity index (χ2v) is 6.45. The van der Waals surface area contributed by atoms with Crippen molar-refractivity contribution in [1.29, 1.82) is 0 Å². The van der Waals surface area contributed by atoms with Crippen molar-refractivity contribution in [2.45, 2.75) is 18.9 Å². The molecule has 2 aromatic carbocycles. The SMILES string of the molecule is N[C@@H](CCC(=O)O)C(=O)Oc1cc(O)c2c(=O)cc(-c3ccc(O)c(O)c3)oc2c1. The van der Waals surface area contributed by atoms with E-state index in [4.69, 9.17) is 20.0 Å². The van der Waals surface area contributed by atoms with Gasteiger partial charge in [0, 0.05) is 30.2 Å². The molecule has 1 heterocycles. The fourth-order valence-corrected chi connectivity index (χ4v) is 2.71. The van der Waals surface area contributed by atoms with E-state index >= 15 is 0 Å². The molecular weight excluding hydrogens is 398 g/mol. The summed E-state index contributed by atoms with van der Waals surface area (Å²) in [6.07, 6.45) is -0.464. The van der Waals surface area contributed by atoms with Gasteiger partial charge in [0.25, 0.3) is 0 Å². The van der Waals surface area contributed by atoms with Crippen molar-refractivity contribution in [3.63, 3.8) is 0 Å². The number of carboxylic acid groups (broad SMARTS) is 1. The van der Waals surface area contributed by atoms with Crippen molar-refractivity contribution in [3.8, 4) is 34.3 Å². The number of carbonyl (C=O) groups is 2. The Morgan fingerprint density at radius 1 is 1.03 bits per heavy atom. The number of phenols is 3. The minimum atomic E-state index is -1.20. The van der Waals surface area contributed by atoms with Crippen LogP contribution in [0.5, 0.6) is 23.0 Å². The van der Waals surface area contributed by atoms with Crippen LogP contribution in [0.15, 0.2) is 45.6 Å². The van der Waals surface area contributed by atoms with Crippen molar-refractivity contribution < 1.29 is 39.2 Å². The third-order valence-corrected chi connectivity index (χ3v) is 4.23. The van der Waals surface area contributed by atoms with Crippen LogP contribution in [-0.4, -0.2) is 38.4 Å². The molecule has 0 bridgehead atoms. The second kappa shape index (κ2) is 8.13. The van der Waals surface area contributed by atoms with Gasteiger partial charge in [0.2, 0.25) is 0 Å². The van der Waals surface area contributed by atoms with Gasteiger partial charge in [-0.3, -0.25) is 9.59 Å². The number of aliphatic carboxylic acids is 1. The van der Waals surface area contributed by atoms with Crippen molar-refractivity contribution in [2.75, 3.05) is 0 Å². The van der Waals surface area contributed by atoms with E-state index in [1.54, 1.807) is 0 Å². The van der Waals surface area contributed by atoms with Crippen LogP contribution in [0.4, 0.5) is 0 Å². The minimum Gasteiger partial charge on any atom is -0.507 e. The normalized spacial score (nSPS) is 11.9. The first-order valence-electron chi connectivity index (χ1n) is 8.68. The predicted octanol–water partition coefficient (Wildman–Crippen LogP) is 1.67. The van der Waals surface area contributed by atoms with E-state index in [0.29, 0.717) is 0 Å². The van der Waals surface area contributed by atoms with Gasteiger partial charge in [0.1, 0.15) is 34.3 Å². The maximum Gasteiger partial charge on any atom is 0.328 e. The fraction of sp³-hybridized carbons (Fsp3) is 0.150. The van der Waals surface area contributed by atoms with Gasteiger partial charge in [0.15, 0.2) is 16.9 Å². The highest BCUT2D eigenvalue weighted by Crippen LogP contribution is 2.34. The first kappa shape index (κ1) is 20.7. The van der Waals surface area contributed by atoms with E-state index in [2.05, 4.69) is 0 Å². The summed E-state index contributed by atoms with van der Waals surface area (Å²) < 4.78 is 10.7. The van der Waals surface area contributed by atoms with E-state index in [0.717, 1.165) is 12.1 Å². The third kappa shape index (κ3) is 4.33. The Morgan fingerprint density at radius 3 is 2.43 bits per heavy atom. The van der Waals surface area contributed by atoms with E-state index in [-0.39, 0.29) is 46.6 Å². The highest BCUT2D eigenvalue weighted by Gasteiger charge is 2.19. The number of carbonyl (C=O) groups excluding carboxylic acids is 1. The van der Waals surface area contributed by atoms with Gasteiger partial charge < -0.3 is 35.3 Å². The zero-order chi connectivity index (χ0) is 22.0. The van der Waals surface area contributed by atoms with Gasteiger partial charge in [-0.1, -0.05) is 0 Å². The molecule has 1 atom stereocenters.